The zero-order valence-electron chi connectivity index (χ0n) is 15.8. The van der Waals surface area contributed by atoms with Crippen molar-refractivity contribution in [2.24, 2.45) is 5.73 Å². The van der Waals surface area contributed by atoms with Crippen LogP contribution in [0.5, 0.6) is 0 Å². The molecule has 0 spiro atoms. The molecule has 0 aliphatic carbocycles. The summed E-state index contributed by atoms with van der Waals surface area (Å²) in [4.78, 5) is 12.4. The number of nitriles is 1. The third-order valence-electron chi connectivity index (χ3n) is 4.08. The molecule has 144 valence electrons. The van der Waals surface area contributed by atoms with E-state index in [-0.39, 0.29) is 42.1 Å². The monoisotopic (exact) mass is 374 g/mol. The van der Waals surface area contributed by atoms with Crippen LogP contribution in [-0.2, 0) is 25.6 Å². The summed E-state index contributed by atoms with van der Waals surface area (Å²) in [5.41, 5.74) is 6.79. The summed E-state index contributed by atoms with van der Waals surface area (Å²) in [7, 11) is 0. The van der Waals surface area contributed by atoms with Crippen molar-refractivity contribution >= 4 is 5.97 Å². The Hall–Kier alpha value is -2.85. The van der Waals surface area contributed by atoms with Crippen LogP contribution in [0.1, 0.15) is 44.7 Å². The van der Waals surface area contributed by atoms with Crippen LogP contribution in [0.2, 0.25) is 0 Å². The van der Waals surface area contributed by atoms with Gasteiger partial charge in [-0.05, 0) is 39.3 Å². The smallest absolute Gasteiger partial charge is 0.338 e. The summed E-state index contributed by atoms with van der Waals surface area (Å²) in [6.45, 7) is 7.23. The van der Waals surface area contributed by atoms with Gasteiger partial charge in [0.1, 0.15) is 23.2 Å². The molecule has 1 aromatic carbocycles. The fraction of sp³-hybridized carbons (Fsp3) is 0.400. The number of benzene rings is 1. The average Bonchev–Trinajstić information content (AvgIpc) is 2.60. The number of hydrogen-bond donors (Lipinski definition) is 1. The molecular formula is C20H23FN2O4. The van der Waals surface area contributed by atoms with Crippen molar-refractivity contribution in [1.82, 2.24) is 0 Å². The van der Waals surface area contributed by atoms with Gasteiger partial charge in [-0.25, -0.2) is 9.18 Å². The maximum Gasteiger partial charge on any atom is 0.338 e. The standard InChI is InChI=1S/C20H23FN2O4/c1-5-25-20(24)17-12(4)27-19(23)15(9-22)18(17)13-6-7-14(16(21)8-13)10-26-11(2)3/h6-8,11,18H,5,10,23H2,1-4H3. The van der Waals surface area contributed by atoms with Crippen molar-refractivity contribution in [3.63, 3.8) is 0 Å². The van der Waals surface area contributed by atoms with Crippen LogP contribution in [0.25, 0.3) is 0 Å². The number of carbonyl (C=O) groups excluding carboxylic acids is 1. The van der Waals surface area contributed by atoms with E-state index >= 15 is 0 Å². The summed E-state index contributed by atoms with van der Waals surface area (Å²) in [5, 5.41) is 9.52. The van der Waals surface area contributed by atoms with Crippen LogP contribution in [0.3, 0.4) is 0 Å². The lowest BCUT2D eigenvalue weighted by atomic mass is 9.82. The van der Waals surface area contributed by atoms with Crippen molar-refractivity contribution < 1.29 is 23.4 Å². The molecule has 2 N–H and O–H groups in total. The Bertz CT molecular complexity index is 837. The lowest BCUT2D eigenvalue weighted by molar-refractivity contribution is -0.139. The highest BCUT2D eigenvalue weighted by atomic mass is 19.1. The van der Waals surface area contributed by atoms with Crippen molar-refractivity contribution in [1.29, 1.82) is 5.26 Å². The predicted octanol–water partition coefficient (Wildman–Crippen LogP) is 3.40. The van der Waals surface area contributed by atoms with Gasteiger partial charge in [0.15, 0.2) is 0 Å². The highest BCUT2D eigenvalue weighted by Crippen LogP contribution is 2.40. The molecule has 0 bridgehead atoms. The molecular weight excluding hydrogens is 351 g/mol. The number of nitrogens with two attached hydrogens (primary N) is 1. The van der Waals surface area contributed by atoms with Gasteiger partial charge in [-0.3, -0.25) is 0 Å². The summed E-state index contributed by atoms with van der Waals surface area (Å²) < 4.78 is 30.4. The minimum atomic E-state index is -0.864. The molecule has 1 atom stereocenters. The van der Waals surface area contributed by atoms with E-state index in [1.807, 2.05) is 19.9 Å². The fourth-order valence-electron chi connectivity index (χ4n) is 2.80. The molecule has 0 radical (unpaired) electrons. The van der Waals surface area contributed by atoms with Gasteiger partial charge in [0, 0.05) is 5.56 Å². The van der Waals surface area contributed by atoms with E-state index in [1.165, 1.54) is 6.07 Å². The summed E-state index contributed by atoms with van der Waals surface area (Å²) >= 11 is 0. The molecule has 1 heterocycles. The number of rotatable bonds is 6. The van der Waals surface area contributed by atoms with E-state index in [2.05, 4.69) is 0 Å². The quantitative estimate of drug-likeness (QED) is 0.767. The number of esters is 1. The molecule has 1 aliphatic rings. The number of hydrogen-bond acceptors (Lipinski definition) is 6. The predicted molar refractivity (Wildman–Crippen MR) is 96.3 cm³/mol. The van der Waals surface area contributed by atoms with Gasteiger partial charge in [0.25, 0.3) is 0 Å². The van der Waals surface area contributed by atoms with Gasteiger partial charge in [-0.2, -0.15) is 5.26 Å². The van der Waals surface area contributed by atoms with Gasteiger partial charge in [0.05, 0.1) is 30.8 Å². The highest BCUT2D eigenvalue weighted by molar-refractivity contribution is 5.92. The molecule has 0 saturated carbocycles. The second-order valence-electron chi connectivity index (χ2n) is 6.33. The third-order valence-corrected chi connectivity index (χ3v) is 4.08. The number of ether oxygens (including phenoxy) is 3. The Morgan fingerprint density at radius 1 is 1.44 bits per heavy atom. The minimum absolute atomic E-state index is 0.0338. The first-order valence-electron chi connectivity index (χ1n) is 8.65. The first-order chi connectivity index (χ1) is 12.8. The van der Waals surface area contributed by atoms with Crippen LogP contribution in [0.4, 0.5) is 4.39 Å². The zero-order chi connectivity index (χ0) is 20.1. The van der Waals surface area contributed by atoms with Crippen LogP contribution < -0.4 is 5.73 Å². The SMILES string of the molecule is CCOC(=O)C1=C(C)OC(N)=C(C#N)C1c1ccc(COC(C)C)c(F)c1. The molecule has 7 heteroatoms. The Morgan fingerprint density at radius 2 is 2.15 bits per heavy atom. The zero-order valence-corrected chi connectivity index (χ0v) is 15.8. The fourth-order valence-corrected chi connectivity index (χ4v) is 2.80. The number of allylic oxidation sites excluding steroid dienone is 2. The van der Waals surface area contributed by atoms with E-state index in [4.69, 9.17) is 19.9 Å². The molecule has 27 heavy (non-hydrogen) atoms. The number of halogens is 1. The second-order valence-corrected chi connectivity index (χ2v) is 6.33. The van der Waals surface area contributed by atoms with Gasteiger partial charge in [-0.15, -0.1) is 0 Å². The summed E-state index contributed by atoms with van der Waals surface area (Å²) in [6, 6.07) is 6.47. The lowest BCUT2D eigenvalue weighted by Gasteiger charge is -2.27. The van der Waals surface area contributed by atoms with E-state index in [1.54, 1.807) is 26.0 Å². The average molecular weight is 374 g/mol. The second kappa shape index (κ2) is 8.69. The highest BCUT2D eigenvalue weighted by Gasteiger charge is 2.36. The first-order valence-corrected chi connectivity index (χ1v) is 8.65. The van der Waals surface area contributed by atoms with Crippen LogP contribution >= 0.6 is 0 Å². The van der Waals surface area contributed by atoms with Crippen molar-refractivity contribution in [2.45, 2.75) is 46.3 Å². The van der Waals surface area contributed by atoms with Crippen molar-refractivity contribution in [3.05, 3.63) is 57.9 Å². The molecule has 0 fully saturated rings. The third kappa shape index (κ3) is 4.47. The van der Waals surface area contributed by atoms with Gasteiger partial charge >= 0.3 is 5.97 Å². The van der Waals surface area contributed by atoms with E-state index in [9.17, 15) is 14.4 Å². The molecule has 0 amide bonds. The summed E-state index contributed by atoms with van der Waals surface area (Å²) in [5.74, 6) is -1.87. The van der Waals surface area contributed by atoms with Gasteiger partial charge in [0.2, 0.25) is 5.88 Å². The normalized spacial score (nSPS) is 17.0. The van der Waals surface area contributed by atoms with E-state index in [0.29, 0.717) is 11.1 Å². The van der Waals surface area contributed by atoms with E-state index < -0.39 is 17.7 Å². The molecule has 0 aromatic heterocycles. The van der Waals surface area contributed by atoms with Gasteiger partial charge in [-0.1, -0.05) is 12.1 Å². The molecule has 1 aromatic rings. The Morgan fingerprint density at radius 3 is 2.70 bits per heavy atom. The van der Waals surface area contributed by atoms with Crippen molar-refractivity contribution in [3.8, 4) is 6.07 Å². The Balaban J connectivity index is 2.50. The molecule has 1 aliphatic heterocycles. The summed E-state index contributed by atoms with van der Waals surface area (Å²) in [6.07, 6.45) is -0.0338. The van der Waals surface area contributed by atoms with Crippen LogP contribution in [-0.4, -0.2) is 18.7 Å². The molecule has 6 nitrogen and oxygen atoms in total. The topological polar surface area (TPSA) is 94.6 Å². The van der Waals surface area contributed by atoms with Gasteiger partial charge < -0.3 is 19.9 Å². The van der Waals surface area contributed by atoms with Crippen LogP contribution in [0, 0.1) is 17.1 Å². The lowest BCUT2D eigenvalue weighted by Crippen LogP contribution is -2.25. The molecule has 1 unspecified atom stereocenters. The minimum Gasteiger partial charge on any atom is -0.463 e. The number of nitrogens with zero attached hydrogens (tertiary/aromatic N) is 1. The molecule has 0 saturated heterocycles. The first kappa shape index (κ1) is 20.5. The Kier molecular flexibility index (Phi) is 6.59. The maximum atomic E-state index is 14.6. The number of carbonyl (C=O) groups is 1. The Labute approximate surface area is 158 Å². The molecule has 2 rings (SSSR count). The maximum absolute atomic E-state index is 14.6. The van der Waals surface area contributed by atoms with E-state index in [0.717, 1.165) is 0 Å². The van der Waals surface area contributed by atoms with Crippen molar-refractivity contribution in [2.75, 3.05) is 6.61 Å². The van der Waals surface area contributed by atoms with Crippen LogP contribution in [0.15, 0.2) is 41.0 Å². The largest absolute Gasteiger partial charge is 0.463 e.